The van der Waals surface area contributed by atoms with E-state index < -0.39 is 5.79 Å². The van der Waals surface area contributed by atoms with E-state index in [1.54, 1.807) is 6.07 Å². The van der Waals surface area contributed by atoms with E-state index in [1.807, 2.05) is 71.8 Å². The normalized spacial score (nSPS) is 23.9. The predicted octanol–water partition coefficient (Wildman–Crippen LogP) is 4.59. The van der Waals surface area contributed by atoms with Crippen LogP contribution >= 0.6 is 0 Å². The SMILES string of the molecule is O=C1O[C@]2(C[C@H](c3ccccc3)N(c3ccccc3)O2)c2ccccc21. The van der Waals surface area contributed by atoms with Crippen LogP contribution in [0, 0.1) is 0 Å². The standard InChI is InChI=1S/C22H17NO3/c24-21-18-13-7-8-14-19(18)22(25-21)15-20(16-9-3-1-4-10-16)23(26-22)17-11-5-2-6-12-17/h1-14,20H,15H2/t20-,22+/m1/s1. The Bertz CT molecular complexity index is 908. The van der Waals surface area contributed by atoms with E-state index in [2.05, 4.69) is 12.1 Å². The Kier molecular flexibility index (Phi) is 3.33. The Balaban J connectivity index is 1.63. The summed E-state index contributed by atoms with van der Waals surface area (Å²) in [6.07, 6.45) is 0.536. The van der Waals surface area contributed by atoms with E-state index in [4.69, 9.17) is 9.57 Å². The number of hydrogen-bond donors (Lipinski definition) is 0. The van der Waals surface area contributed by atoms with Gasteiger partial charge in [0.2, 0.25) is 0 Å². The third-order valence-electron chi connectivity index (χ3n) is 5.00. The first kappa shape index (κ1) is 15.2. The van der Waals surface area contributed by atoms with Crippen LogP contribution in [-0.4, -0.2) is 5.97 Å². The Morgan fingerprint density at radius 1 is 0.846 bits per heavy atom. The van der Waals surface area contributed by atoms with E-state index in [9.17, 15) is 4.79 Å². The van der Waals surface area contributed by atoms with Gasteiger partial charge in [0.15, 0.2) is 0 Å². The van der Waals surface area contributed by atoms with Gasteiger partial charge in [0.1, 0.15) is 0 Å². The fourth-order valence-corrected chi connectivity index (χ4v) is 3.81. The van der Waals surface area contributed by atoms with Gasteiger partial charge >= 0.3 is 5.97 Å². The molecule has 3 aromatic rings. The number of rotatable bonds is 2. The van der Waals surface area contributed by atoms with Crippen LogP contribution in [0.2, 0.25) is 0 Å². The molecule has 5 rings (SSSR count). The summed E-state index contributed by atoms with van der Waals surface area (Å²) in [4.78, 5) is 18.7. The van der Waals surface area contributed by atoms with Crippen molar-refractivity contribution in [1.82, 2.24) is 0 Å². The van der Waals surface area contributed by atoms with Crippen LogP contribution in [0.15, 0.2) is 84.9 Å². The molecule has 0 N–H and O–H groups in total. The lowest BCUT2D eigenvalue weighted by atomic mass is 9.94. The molecule has 2 aliphatic heterocycles. The van der Waals surface area contributed by atoms with Crippen LogP contribution in [0.1, 0.15) is 33.9 Å². The van der Waals surface area contributed by atoms with Gasteiger partial charge < -0.3 is 4.74 Å². The molecule has 1 saturated heterocycles. The number of carbonyl (C=O) groups is 1. The maximum absolute atomic E-state index is 12.4. The number of hydroxylamine groups is 1. The molecule has 3 aromatic carbocycles. The molecule has 26 heavy (non-hydrogen) atoms. The summed E-state index contributed by atoms with van der Waals surface area (Å²) >= 11 is 0. The molecule has 2 heterocycles. The fraction of sp³-hybridized carbons (Fsp3) is 0.136. The molecule has 4 heteroatoms. The minimum absolute atomic E-state index is 0.0578. The number of ether oxygens (including phenoxy) is 1. The molecule has 1 spiro atoms. The summed E-state index contributed by atoms with van der Waals surface area (Å²) in [6.45, 7) is 0. The molecular weight excluding hydrogens is 326 g/mol. The van der Waals surface area contributed by atoms with Crippen molar-refractivity contribution in [3.8, 4) is 0 Å². The third-order valence-corrected chi connectivity index (χ3v) is 5.00. The quantitative estimate of drug-likeness (QED) is 0.638. The van der Waals surface area contributed by atoms with Gasteiger partial charge in [0, 0.05) is 12.0 Å². The lowest BCUT2D eigenvalue weighted by Crippen LogP contribution is -2.28. The van der Waals surface area contributed by atoms with Crippen LogP contribution in [0.5, 0.6) is 0 Å². The average Bonchev–Trinajstić information content (AvgIpc) is 3.22. The van der Waals surface area contributed by atoms with E-state index >= 15 is 0 Å². The number of anilines is 1. The van der Waals surface area contributed by atoms with Crippen molar-refractivity contribution >= 4 is 11.7 Å². The second-order valence-corrected chi connectivity index (χ2v) is 6.57. The maximum Gasteiger partial charge on any atom is 0.341 e. The highest BCUT2D eigenvalue weighted by Crippen LogP contribution is 2.52. The lowest BCUT2D eigenvalue weighted by molar-refractivity contribution is -0.180. The van der Waals surface area contributed by atoms with Gasteiger partial charge in [-0.1, -0.05) is 66.7 Å². The molecule has 2 aliphatic rings. The minimum atomic E-state index is -1.08. The van der Waals surface area contributed by atoms with Crippen molar-refractivity contribution in [1.29, 1.82) is 0 Å². The highest BCUT2D eigenvalue weighted by atomic mass is 16.8. The second-order valence-electron chi connectivity index (χ2n) is 6.57. The summed E-state index contributed by atoms with van der Waals surface area (Å²) in [7, 11) is 0. The van der Waals surface area contributed by atoms with Crippen LogP contribution < -0.4 is 5.06 Å². The van der Waals surface area contributed by atoms with Crippen LogP contribution in [0.4, 0.5) is 5.69 Å². The molecule has 0 aliphatic carbocycles. The number of hydrogen-bond acceptors (Lipinski definition) is 4. The Labute approximate surface area is 151 Å². The molecule has 0 aromatic heterocycles. The average molecular weight is 343 g/mol. The summed E-state index contributed by atoms with van der Waals surface area (Å²) in [5.41, 5.74) is 3.42. The molecule has 0 unspecified atom stereocenters. The first-order valence-electron chi connectivity index (χ1n) is 8.68. The van der Waals surface area contributed by atoms with Crippen LogP contribution in [0.3, 0.4) is 0 Å². The Hall–Kier alpha value is -3.11. The summed E-state index contributed by atoms with van der Waals surface area (Å²) in [6, 6.07) is 27.5. The van der Waals surface area contributed by atoms with Crippen molar-refractivity contribution in [2.45, 2.75) is 18.2 Å². The Morgan fingerprint density at radius 3 is 2.27 bits per heavy atom. The van der Waals surface area contributed by atoms with Crippen molar-refractivity contribution in [3.05, 3.63) is 102 Å². The second kappa shape index (κ2) is 5.71. The number of para-hydroxylation sites is 1. The molecular formula is C22H17NO3. The number of benzene rings is 3. The summed E-state index contributed by atoms with van der Waals surface area (Å²) < 4.78 is 5.78. The smallest absolute Gasteiger partial charge is 0.341 e. The summed E-state index contributed by atoms with van der Waals surface area (Å²) in [5, 5.41) is 1.87. The van der Waals surface area contributed by atoms with Gasteiger partial charge in [0.25, 0.3) is 5.79 Å². The zero-order valence-corrected chi connectivity index (χ0v) is 14.0. The Morgan fingerprint density at radius 2 is 1.50 bits per heavy atom. The monoisotopic (exact) mass is 343 g/mol. The fourth-order valence-electron chi connectivity index (χ4n) is 3.81. The number of nitrogens with zero attached hydrogens (tertiary/aromatic N) is 1. The molecule has 4 nitrogen and oxygen atoms in total. The molecule has 0 radical (unpaired) electrons. The maximum atomic E-state index is 12.4. The molecule has 0 amide bonds. The van der Waals surface area contributed by atoms with Gasteiger partial charge in [-0.05, 0) is 23.8 Å². The molecule has 1 fully saturated rings. The minimum Gasteiger partial charge on any atom is -0.423 e. The summed E-state index contributed by atoms with van der Waals surface area (Å²) in [5.74, 6) is -1.41. The number of esters is 1. The van der Waals surface area contributed by atoms with E-state index in [0.717, 1.165) is 16.8 Å². The van der Waals surface area contributed by atoms with Crippen molar-refractivity contribution in [2.24, 2.45) is 0 Å². The lowest BCUT2D eigenvalue weighted by Gasteiger charge is -2.26. The topological polar surface area (TPSA) is 38.8 Å². The van der Waals surface area contributed by atoms with Crippen LogP contribution in [0.25, 0.3) is 0 Å². The van der Waals surface area contributed by atoms with E-state index in [0.29, 0.717) is 12.0 Å². The van der Waals surface area contributed by atoms with Gasteiger partial charge in [-0.2, -0.15) is 0 Å². The zero-order chi connectivity index (χ0) is 17.6. The van der Waals surface area contributed by atoms with Crippen molar-refractivity contribution in [3.63, 3.8) is 0 Å². The van der Waals surface area contributed by atoms with Gasteiger partial charge in [0.05, 0.1) is 17.3 Å². The first-order valence-corrected chi connectivity index (χ1v) is 8.68. The number of carbonyl (C=O) groups excluding carboxylic acids is 1. The predicted molar refractivity (Wildman–Crippen MR) is 97.3 cm³/mol. The molecule has 2 atom stereocenters. The van der Waals surface area contributed by atoms with Gasteiger partial charge in [-0.3, -0.25) is 0 Å². The van der Waals surface area contributed by atoms with E-state index in [-0.39, 0.29) is 12.0 Å². The van der Waals surface area contributed by atoms with E-state index in [1.165, 1.54) is 0 Å². The third kappa shape index (κ3) is 2.23. The van der Waals surface area contributed by atoms with Gasteiger partial charge in [-0.25, -0.2) is 14.7 Å². The van der Waals surface area contributed by atoms with Crippen molar-refractivity contribution < 1.29 is 14.4 Å². The molecule has 128 valence electrons. The highest BCUT2D eigenvalue weighted by molar-refractivity contribution is 5.94. The van der Waals surface area contributed by atoms with Crippen molar-refractivity contribution in [2.75, 3.05) is 5.06 Å². The van der Waals surface area contributed by atoms with Crippen LogP contribution in [-0.2, 0) is 15.4 Å². The largest absolute Gasteiger partial charge is 0.423 e. The number of fused-ring (bicyclic) bond motifs is 2. The zero-order valence-electron chi connectivity index (χ0n) is 14.0. The molecule has 0 bridgehead atoms. The molecule has 0 saturated carbocycles. The highest BCUT2D eigenvalue weighted by Gasteiger charge is 2.56. The van der Waals surface area contributed by atoms with Gasteiger partial charge in [-0.15, -0.1) is 0 Å². The first-order chi connectivity index (χ1) is 12.8.